The number of fused-ring (bicyclic) bond motifs is 7. The number of rotatable bonds is 10. The molecule has 5 heterocycles. The summed E-state index contributed by atoms with van der Waals surface area (Å²) in [4.78, 5) is 7.38. The minimum atomic E-state index is -0.459. The van der Waals surface area contributed by atoms with Crippen molar-refractivity contribution in [2.75, 3.05) is 20.2 Å². The molecule has 3 aliphatic rings. The number of aromatic nitrogens is 3. The SMILES string of the molecule is CCC1CN2CCC1C[C@H]2[C@H](Oc1nnc(OC(c2cccc3ccccc23)c2cccc3ccccc23)c2ccccc12)c1ccnc2ccc(OC)cc12. The fourth-order valence-electron chi connectivity index (χ4n) is 9.54. The van der Waals surface area contributed by atoms with E-state index in [4.69, 9.17) is 29.4 Å². The molecule has 278 valence electrons. The van der Waals surface area contributed by atoms with Crippen LogP contribution in [-0.4, -0.2) is 46.3 Å². The van der Waals surface area contributed by atoms with Crippen LogP contribution in [0.2, 0.25) is 0 Å². The maximum absolute atomic E-state index is 7.26. The van der Waals surface area contributed by atoms with Crippen molar-refractivity contribution in [3.05, 3.63) is 156 Å². The van der Waals surface area contributed by atoms with Crippen LogP contribution >= 0.6 is 0 Å². The minimum absolute atomic E-state index is 0.173. The molecular weight excluding hydrogens is 693 g/mol. The van der Waals surface area contributed by atoms with E-state index in [2.05, 4.69) is 121 Å². The summed E-state index contributed by atoms with van der Waals surface area (Å²) in [5, 5.41) is 17.1. The van der Waals surface area contributed by atoms with Crippen LogP contribution in [0.5, 0.6) is 17.5 Å². The summed E-state index contributed by atoms with van der Waals surface area (Å²) in [7, 11) is 1.71. The zero-order valence-corrected chi connectivity index (χ0v) is 31.7. The van der Waals surface area contributed by atoms with Gasteiger partial charge in [0.05, 0.1) is 29.4 Å². The summed E-state index contributed by atoms with van der Waals surface area (Å²) in [6.07, 6.45) is 4.63. The molecule has 3 unspecified atom stereocenters. The van der Waals surface area contributed by atoms with Gasteiger partial charge in [0.2, 0.25) is 11.8 Å². The highest BCUT2D eigenvalue weighted by molar-refractivity contribution is 5.92. The highest BCUT2D eigenvalue weighted by Crippen LogP contribution is 2.46. The van der Waals surface area contributed by atoms with E-state index in [0.717, 1.165) is 85.2 Å². The third kappa shape index (κ3) is 6.07. The number of hydrogen-bond donors (Lipinski definition) is 0. The molecule has 0 N–H and O–H groups in total. The molecule has 0 radical (unpaired) electrons. The third-order valence-corrected chi connectivity index (χ3v) is 12.4. The van der Waals surface area contributed by atoms with Gasteiger partial charge in [0.15, 0.2) is 6.10 Å². The summed E-state index contributed by atoms with van der Waals surface area (Å²) >= 11 is 0. The van der Waals surface area contributed by atoms with Crippen LogP contribution in [0.4, 0.5) is 0 Å². The highest BCUT2D eigenvalue weighted by atomic mass is 16.5. The van der Waals surface area contributed by atoms with Gasteiger partial charge >= 0.3 is 0 Å². The van der Waals surface area contributed by atoms with Crippen LogP contribution in [-0.2, 0) is 0 Å². The number of nitrogens with zero attached hydrogens (tertiary/aromatic N) is 4. The zero-order chi connectivity index (χ0) is 37.6. The number of ether oxygens (including phenoxy) is 3. The van der Waals surface area contributed by atoms with E-state index in [1.165, 1.54) is 12.8 Å². The standard InChI is InChI=1S/C49H44N4O3/c1-3-31-30-53-27-25-34(31)28-45(53)47(40-24-26-50-44-23-22-35(54-2)29-43(40)44)56-49-42-19-9-8-18-41(42)48(51-52-49)55-46(38-20-10-14-32-12-4-6-16-36(32)38)39-21-11-15-33-13-5-7-17-37(33)39/h4-24,26,29,31,34,45-47H,3,25,27-28,30H2,1-2H3/t31?,34?,45-,47+/m0/s1. The smallest absolute Gasteiger partial charge is 0.242 e. The third-order valence-electron chi connectivity index (χ3n) is 12.4. The fraction of sp³-hybridized carbons (Fsp3) is 0.245. The Kier molecular flexibility index (Phi) is 8.95. The van der Waals surface area contributed by atoms with Gasteiger partial charge in [-0.05, 0) is 89.2 Å². The Balaban J connectivity index is 1.10. The molecule has 11 rings (SSSR count). The lowest BCUT2D eigenvalue weighted by molar-refractivity contribution is -0.0491. The van der Waals surface area contributed by atoms with E-state index in [-0.39, 0.29) is 12.1 Å². The van der Waals surface area contributed by atoms with Gasteiger partial charge in [-0.25, -0.2) is 0 Å². The second kappa shape index (κ2) is 14.5. The maximum atomic E-state index is 7.26. The molecule has 8 aromatic rings. The van der Waals surface area contributed by atoms with Crippen LogP contribution in [0, 0.1) is 11.8 Å². The molecule has 6 aromatic carbocycles. The molecule has 0 aliphatic carbocycles. The Morgan fingerprint density at radius 2 is 1.29 bits per heavy atom. The number of hydrogen-bond acceptors (Lipinski definition) is 7. The minimum Gasteiger partial charge on any atom is -0.497 e. The predicted molar refractivity (Wildman–Crippen MR) is 223 cm³/mol. The lowest BCUT2D eigenvalue weighted by atomic mass is 9.72. The van der Waals surface area contributed by atoms with Crippen molar-refractivity contribution in [1.82, 2.24) is 20.1 Å². The molecule has 3 saturated heterocycles. The first-order valence-corrected chi connectivity index (χ1v) is 19.9. The maximum Gasteiger partial charge on any atom is 0.242 e. The van der Waals surface area contributed by atoms with Crippen molar-refractivity contribution in [3.63, 3.8) is 0 Å². The summed E-state index contributed by atoms with van der Waals surface area (Å²) in [6.45, 7) is 4.48. The second-order valence-electron chi connectivity index (χ2n) is 15.3. The average Bonchev–Trinajstić information content (AvgIpc) is 3.27. The fourth-order valence-corrected chi connectivity index (χ4v) is 9.54. The second-order valence-corrected chi connectivity index (χ2v) is 15.3. The van der Waals surface area contributed by atoms with Crippen molar-refractivity contribution in [1.29, 1.82) is 0 Å². The quantitative estimate of drug-likeness (QED) is 0.138. The number of benzene rings is 6. The van der Waals surface area contributed by atoms with Gasteiger partial charge < -0.3 is 14.2 Å². The Morgan fingerprint density at radius 1 is 0.661 bits per heavy atom. The summed E-state index contributed by atoms with van der Waals surface area (Å²) in [5.74, 6) is 3.12. The molecule has 2 aromatic heterocycles. The van der Waals surface area contributed by atoms with E-state index >= 15 is 0 Å². The summed E-state index contributed by atoms with van der Waals surface area (Å²) in [6, 6.07) is 46.4. The molecular formula is C49H44N4O3. The van der Waals surface area contributed by atoms with Crippen molar-refractivity contribution in [3.8, 4) is 17.5 Å². The molecule has 0 saturated carbocycles. The van der Waals surface area contributed by atoms with Crippen LogP contribution < -0.4 is 14.2 Å². The van der Waals surface area contributed by atoms with Gasteiger partial charge in [0.1, 0.15) is 11.9 Å². The monoisotopic (exact) mass is 736 g/mol. The van der Waals surface area contributed by atoms with E-state index in [1.807, 2.05) is 30.5 Å². The van der Waals surface area contributed by atoms with Gasteiger partial charge in [-0.15, -0.1) is 10.2 Å². The molecule has 0 amide bonds. The van der Waals surface area contributed by atoms with Crippen molar-refractivity contribution in [2.45, 2.75) is 44.4 Å². The molecule has 7 heteroatoms. The van der Waals surface area contributed by atoms with Gasteiger partial charge in [0, 0.05) is 34.8 Å². The first-order chi connectivity index (χ1) is 27.7. The summed E-state index contributed by atoms with van der Waals surface area (Å²) < 4.78 is 20.1. The Morgan fingerprint density at radius 3 is 1.91 bits per heavy atom. The predicted octanol–water partition coefficient (Wildman–Crippen LogP) is 10.9. The summed E-state index contributed by atoms with van der Waals surface area (Å²) in [5.41, 5.74) is 4.12. The van der Waals surface area contributed by atoms with Gasteiger partial charge in [0.25, 0.3) is 0 Å². The molecule has 3 aliphatic heterocycles. The van der Waals surface area contributed by atoms with Crippen LogP contribution in [0.25, 0.3) is 43.2 Å². The van der Waals surface area contributed by atoms with Crippen molar-refractivity contribution < 1.29 is 14.2 Å². The van der Waals surface area contributed by atoms with Gasteiger partial charge in [-0.2, -0.15) is 0 Å². The van der Waals surface area contributed by atoms with E-state index in [1.54, 1.807) is 7.11 Å². The Bertz CT molecular complexity index is 2630. The van der Waals surface area contributed by atoms with E-state index in [9.17, 15) is 0 Å². The molecule has 7 nitrogen and oxygen atoms in total. The lowest BCUT2D eigenvalue weighted by Gasteiger charge is -2.51. The molecule has 0 spiro atoms. The topological polar surface area (TPSA) is 69.6 Å². The number of methoxy groups -OCH3 is 1. The number of piperidine rings is 3. The largest absolute Gasteiger partial charge is 0.497 e. The highest BCUT2D eigenvalue weighted by Gasteiger charge is 2.44. The Hall–Kier alpha value is -6.05. The first-order valence-electron chi connectivity index (χ1n) is 19.9. The number of pyridine rings is 1. The molecule has 56 heavy (non-hydrogen) atoms. The van der Waals surface area contributed by atoms with Gasteiger partial charge in [-0.3, -0.25) is 9.88 Å². The Labute approximate surface area is 326 Å². The van der Waals surface area contributed by atoms with Crippen LogP contribution in [0.1, 0.15) is 55.1 Å². The van der Waals surface area contributed by atoms with Crippen LogP contribution in [0.15, 0.2) is 140 Å². The average molecular weight is 737 g/mol. The molecule has 5 atom stereocenters. The van der Waals surface area contributed by atoms with Crippen molar-refractivity contribution >= 4 is 43.2 Å². The molecule has 2 bridgehead atoms. The van der Waals surface area contributed by atoms with Crippen molar-refractivity contribution in [2.24, 2.45) is 11.8 Å². The normalized spacial score (nSPS) is 19.8. The van der Waals surface area contributed by atoms with E-state index < -0.39 is 6.10 Å². The first kappa shape index (κ1) is 34.4. The zero-order valence-electron chi connectivity index (χ0n) is 31.7. The van der Waals surface area contributed by atoms with E-state index in [0.29, 0.717) is 23.6 Å². The van der Waals surface area contributed by atoms with Crippen LogP contribution in [0.3, 0.4) is 0 Å². The lowest BCUT2D eigenvalue weighted by Crippen LogP contribution is -2.56. The van der Waals surface area contributed by atoms with Gasteiger partial charge in [-0.1, -0.05) is 110 Å². The molecule has 3 fully saturated rings.